The van der Waals surface area contributed by atoms with E-state index in [4.69, 9.17) is 4.99 Å². The zero-order valence-corrected chi connectivity index (χ0v) is 29.0. The summed E-state index contributed by atoms with van der Waals surface area (Å²) >= 11 is 0. The summed E-state index contributed by atoms with van der Waals surface area (Å²) in [4.78, 5) is 7.82. The van der Waals surface area contributed by atoms with E-state index in [1.807, 2.05) is 0 Å². The van der Waals surface area contributed by atoms with E-state index in [1.54, 1.807) is 0 Å². The van der Waals surface area contributed by atoms with Crippen LogP contribution in [0.1, 0.15) is 48.4 Å². The van der Waals surface area contributed by atoms with E-state index in [2.05, 4.69) is 167 Å². The minimum atomic E-state index is -0.224. The Kier molecular flexibility index (Phi) is 6.66. The molecule has 4 nitrogen and oxygen atoms in total. The molecule has 2 unspecified atom stereocenters. The van der Waals surface area contributed by atoms with Gasteiger partial charge < -0.3 is 14.8 Å². The van der Waals surface area contributed by atoms with Crippen LogP contribution in [0.4, 0.5) is 5.69 Å². The van der Waals surface area contributed by atoms with Crippen LogP contribution in [0.15, 0.2) is 173 Å². The van der Waals surface area contributed by atoms with Gasteiger partial charge in [0.15, 0.2) is 0 Å². The monoisotopic (exact) mass is 670 g/mol. The lowest BCUT2D eigenvalue weighted by molar-refractivity contribution is 0.576. The van der Waals surface area contributed by atoms with Gasteiger partial charge in [-0.1, -0.05) is 109 Å². The minimum Gasteiger partial charge on any atom is -0.346 e. The Morgan fingerprint density at radius 1 is 0.692 bits per heavy atom. The van der Waals surface area contributed by atoms with Gasteiger partial charge in [0.1, 0.15) is 0 Å². The lowest BCUT2D eigenvalue weighted by atomic mass is 9.81. The van der Waals surface area contributed by atoms with Crippen LogP contribution >= 0.6 is 0 Å². The molecule has 0 radical (unpaired) electrons. The number of benzene rings is 5. The van der Waals surface area contributed by atoms with Gasteiger partial charge >= 0.3 is 0 Å². The minimum absolute atomic E-state index is 0.224. The summed E-state index contributed by atoms with van der Waals surface area (Å²) in [5.41, 5.74) is 14.7. The predicted molar refractivity (Wildman–Crippen MR) is 214 cm³/mol. The molecule has 0 saturated carbocycles. The lowest BCUT2D eigenvalue weighted by Gasteiger charge is -2.35. The summed E-state index contributed by atoms with van der Waals surface area (Å²) in [6, 6.07) is 41.9. The van der Waals surface area contributed by atoms with Gasteiger partial charge in [-0.2, -0.15) is 0 Å². The zero-order valence-electron chi connectivity index (χ0n) is 29.0. The molecule has 0 bridgehead atoms. The fourth-order valence-electron chi connectivity index (χ4n) is 9.40. The molecule has 1 N–H and O–H groups in total. The molecule has 0 saturated heterocycles. The fourth-order valence-corrected chi connectivity index (χ4v) is 9.40. The molecule has 2 aliphatic heterocycles. The zero-order chi connectivity index (χ0) is 34.2. The lowest BCUT2D eigenvalue weighted by Crippen LogP contribution is -2.51. The largest absolute Gasteiger partial charge is 0.346 e. The molecule has 11 rings (SSSR count). The van der Waals surface area contributed by atoms with Crippen LogP contribution in [0.25, 0.3) is 39.1 Å². The van der Waals surface area contributed by atoms with Crippen molar-refractivity contribution in [1.82, 2.24) is 9.88 Å². The summed E-state index contributed by atoms with van der Waals surface area (Å²) < 4.78 is 2.51. The maximum atomic E-state index is 5.35. The molecule has 4 heteroatoms. The third kappa shape index (κ3) is 4.50. The Bertz CT molecular complexity index is 2750. The van der Waals surface area contributed by atoms with E-state index >= 15 is 0 Å². The van der Waals surface area contributed by atoms with E-state index in [9.17, 15) is 0 Å². The molecule has 0 amide bonds. The molecule has 2 atom stereocenters. The van der Waals surface area contributed by atoms with Gasteiger partial charge in [0.05, 0.1) is 10.9 Å². The topological polar surface area (TPSA) is 32.6 Å². The number of nitrogens with zero attached hydrogens (tertiary/aromatic N) is 3. The van der Waals surface area contributed by atoms with E-state index in [0.717, 1.165) is 37.5 Å². The molecule has 52 heavy (non-hydrogen) atoms. The van der Waals surface area contributed by atoms with Crippen LogP contribution in [-0.4, -0.2) is 10.9 Å². The second kappa shape index (κ2) is 11.7. The van der Waals surface area contributed by atoms with E-state index in [-0.39, 0.29) is 12.2 Å². The molecule has 5 aliphatic rings. The summed E-state index contributed by atoms with van der Waals surface area (Å²) in [6.07, 6.45) is 18.9. The highest BCUT2D eigenvalue weighted by Gasteiger charge is 2.40. The Morgan fingerprint density at radius 2 is 1.54 bits per heavy atom. The second-order valence-corrected chi connectivity index (χ2v) is 14.5. The average molecular weight is 671 g/mol. The van der Waals surface area contributed by atoms with Crippen LogP contribution in [0.3, 0.4) is 0 Å². The summed E-state index contributed by atoms with van der Waals surface area (Å²) in [7, 11) is 0. The number of hydrogen-bond acceptors (Lipinski definition) is 3. The van der Waals surface area contributed by atoms with Crippen molar-refractivity contribution in [3.63, 3.8) is 0 Å². The SMILES string of the molecule is C1=CCCC(C2=c3ccccc3=NC(N3C4=CC=C(C5=Cc6c(n(-c7ccccc7)c7ccc8ccccc8c67)CC5)CC4c4ccccc43)N2)=C1. The van der Waals surface area contributed by atoms with E-state index in [0.29, 0.717) is 0 Å². The number of anilines is 1. The van der Waals surface area contributed by atoms with E-state index < -0.39 is 0 Å². The molecule has 250 valence electrons. The summed E-state index contributed by atoms with van der Waals surface area (Å²) in [5, 5.41) is 10.1. The van der Waals surface area contributed by atoms with Crippen molar-refractivity contribution < 1.29 is 0 Å². The number of hydrogen-bond donors (Lipinski definition) is 1. The van der Waals surface area contributed by atoms with Gasteiger partial charge in [0.25, 0.3) is 0 Å². The van der Waals surface area contributed by atoms with Gasteiger partial charge in [-0.3, -0.25) is 0 Å². The second-order valence-electron chi connectivity index (χ2n) is 14.5. The summed E-state index contributed by atoms with van der Waals surface area (Å²) in [5.74, 6) is 0.277. The van der Waals surface area contributed by atoms with Gasteiger partial charge in [0, 0.05) is 50.5 Å². The first-order valence-corrected chi connectivity index (χ1v) is 18.7. The number of allylic oxidation sites excluding steroid dienone is 8. The number of fused-ring (bicyclic) bond motifs is 9. The van der Waals surface area contributed by atoms with Crippen LogP contribution < -0.4 is 20.8 Å². The fraction of sp³-hybridized carbons (Fsp3) is 0.146. The third-order valence-corrected chi connectivity index (χ3v) is 11.7. The summed E-state index contributed by atoms with van der Waals surface area (Å²) in [6.45, 7) is 0. The van der Waals surface area contributed by atoms with Crippen molar-refractivity contribution in [3.05, 3.63) is 195 Å². The number of aromatic nitrogens is 1. The predicted octanol–water partition coefficient (Wildman–Crippen LogP) is 9.52. The Hall–Kier alpha value is -6.13. The van der Waals surface area contributed by atoms with Crippen LogP contribution in [-0.2, 0) is 6.42 Å². The van der Waals surface area contributed by atoms with Crippen molar-refractivity contribution in [1.29, 1.82) is 0 Å². The average Bonchev–Trinajstić information content (AvgIpc) is 3.73. The Morgan fingerprint density at radius 3 is 2.46 bits per heavy atom. The third-order valence-electron chi connectivity index (χ3n) is 11.7. The maximum absolute atomic E-state index is 5.35. The first-order valence-electron chi connectivity index (χ1n) is 18.7. The molecule has 3 aliphatic carbocycles. The number of rotatable bonds is 4. The highest BCUT2D eigenvalue weighted by molar-refractivity contribution is 6.12. The van der Waals surface area contributed by atoms with Crippen molar-refractivity contribution in [3.8, 4) is 5.69 Å². The molecule has 0 spiro atoms. The van der Waals surface area contributed by atoms with E-state index in [1.165, 1.54) is 83.2 Å². The molecular weight excluding hydrogens is 633 g/mol. The normalized spacial score (nSPS) is 20.2. The molecule has 1 aromatic heterocycles. The highest BCUT2D eigenvalue weighted by atomic mass is 15.4. The smallest absolute Gasteiger partial charge is 0.201 e. The van der Waals surface area contributed by atoms with Crippen LogP contribution in [0, 0.1) is 0 Å². The molecule has 3 heterocycles. The first-order chi connectivity index (χ1) is 25.8. The van der Waals surface area contributed by atoms with Gasteiger partial charge in [-0.25, -0.2) is 4.99 Å². The molecule has 6 aromatic rings. The molecular formula is C48H38N4. The highest BCUT2D eigenvalue weighted by Crippen LogP contribution is 2.51. The standard InChI is InChI=1S/C48H38N4/c1-3-14-32(15-4-1)47-38-20-9-11-21-41(38)49-48(50-47)52-42-22-12-10-19-37(42)39-29-33(24-26-43(39)52)34-25-27-44-40(30-34)46-36-18-8-7-13-31(36)23-28-45(46)51(44)35-16-5-2-6-17-35/h1-3,5-14,16-24,26,28,30,39,48,50H,4,15,25,27,29H2. The van der Waals surface area contributed by atoms with Crippen LogP contribution in [0.5, 0.6) is 0 Å². The Balaban J connectivity index is 1.03. The van der Waals surface area contributed by atoms with Gasteiger partial charge in [0.2, 0.25) is 6.29 Å². The van der Waals surface area contributed by atoms with Crippen molar-refractivity contribution in [2.75, 3.05) is 4.90 Å². The van der Waals surface area contributed by atoms with Crippen molar-refractivity contribution in [2.24, 2.45) is 4.99 Å². The number of para-hydroxylation sites is 3. The van der Waals surface area contributed by atoms with Gasteiger partial charge in [-0.05, 0) is 108 Å². The molecule has 5 aromatic carbocycles. The Labute approximate surface area is 303 Å². The van der Waals surface area contributed by atoms with Crippen molar-refractivity contribution >= 4 is 39.1 Å². The first kappa shape index (κ1) is 29.6. The van der Waals surface area contributed by atoms with Crippen molar-refractivity contribution in [2.45, 2.75) is 44.3 Å². The quantitative estimate of drug-likeness (QED) is 0.203. The van der Waals surface area contributed by atoms with Gasteiger partial charge in [-0.15, -0.1) is 0 Å². The number of nitrogens with one attached hydrogen (secondary N) is 1. The maximum Gasteiger partial charge on any atom is 0.201 e. The van der Waals surface area contributed by atoms with Crippen LogP contribution in [0.2, 0.25) is 0 Å². The molecule has 0 fully saturated rings.